The Morgan fingerprint density at radius 2 is 1.43 bits per heavy atom. The summed E-state index contributed by atoms with van der Waals surface area (Å²) in [4.78, 5) is 23.1. The molecule has 28 heavy (non-hydrogen) atoms. The van der Waals surface area contributed by atoms with Crippen LogP contribution in [0.4, 0.5) is 0 Å². The molecule has 2 aromatic carbocycles. The van der Waals surface area contributed by atoms with Crippen molar-refractivity contribution in [2.24, 2.45) is 5.92 Å². The summed E-state index contributed by atoms with van der Waals surface area (Å²) in [7, 11) is 0. The summed E-state index contributed by atoms with van der Waals surface area (Å²) in [5.41, 5.74) is 1.82. The second kappa shape index (κ2) is 10.9. The second-order valence-corrected chi connectivity index (χ2v) is 6.43. The van der Waals surface area contributed by atoms with E-state index in [1.54, 1.807) is 6.08 Å². The third kappa shape index (κ3) is 6.54. The van der Waals surface area contributed by atoms with E-state index in [0.29, 0.717) is 6.42 Å². The Kier molecular flexibility index (Phi) is 8.22. The molecule has 0 N–H and O–H groups in total. The summed E-state index contributed by atoms with van der Waals surface area (Å²) < 4.78 is 11.0. The number of hydrogen-bond acceptors (Lipinski definition) is 4. The first kappa shape index (κ1) is 21.2. The van der Waals surface area contributed by atoms with Crippen molar-refractivity contribution in [2.75, 3.05) is 0 Å². The van der Waals surface area contributed by atoms with Gasteiger partial charge in [-0.25, -0.2) is 0 Å². The molecule has 0 aliphatic carbocycles. The molecule has 2 rings (SSSR count). The van der Waals surface area contributed by atoms with Crippen LogP contribution in [0.3, 0.4) is 0 Å². The van der Waals surface area contributed by atoms with Gasteiger partial charge in [0.1, 0.15) is 12.2 Å². The summed E-state index contributed by atoms with van der Waals surface area (Å²) in [6.07, 6.45) is 5.30. The van der Waals surface area contributed by atoms with E-state index in [2.05, 4.69) is 6.58 Å². The number of esters is 2. The SMILES string of the molecule is C=CC(/C=C/CC(OC(C)=O)c1ccccc1)C(OC(C)=O)c1ccccc1. The predicted molar refractivity (Wildman–Crippen MR) is 109 cm³/mol. The van der Waals surface area contributed by atoms with Gasteiger partial charge in [-0.05, 0) is 11.1 Å². The predicted octanol–water partition coefficient (Wildman–Crippen LogP) is 5.34. The minimum atomic E-state index is -0.462. The Bertz CT molecular complexity index is 796. The summed E-state index contributed by atoms with van der Waals surface area (Å²) in [5.74, 6) is -0.888. The molecule has 4 nitrogen and oxygen atoms in total. The van der Waals surface area contributed by atoms with Gasteiger partial charge in [-0.2, -0.15) is 0 Å². The molecule has 0 aromatic heterocycles. The van der Waals surface area contributed by atoms with Crippen LogP contribution in [0.25, 0.3) is 0 Å². The Balaban J connectivity index is 2.17. The molecule has 3 atom stereocenters. The second-order valence-electron chi connectivity index (χ2n) is 6.43. The van der Waals surface area contributed by atoms with Crippen LogP contribution < -0.4 is 0 Å². The molecule has 0 bridgehead atoms. The highest BCUT2D eigenvalue weighted by atomic mass is 16.5. The number of benzene rings is 2. The quantitative estimate of drug-likeness (QED) is 0.436. The van der Waals surface area contributed by atoms with Gasteiger partial charge in [0.25, 0.3) is 0 Å². The van der Waals surface area contributed by atoms with E-state index < -0.39 is 6.10 Å². The van der Waals surface area contributed by atoms with Gasteiger partial charge in [0.2, 0.25) is 0 Å². The monoisotopic (exact) mass is 378 g/mol. The van der Waals surface area contributed by atoms with Gasteiger partial charge in [-0.15, -0.1) is 6.58 Å². The third-order valence-corrected chi connectivity index (χ3v) is 4.23. The van der Waals surface area contributed by atoms with E-state index in [4.69, 9.17) is 9.47 Å². The smallest absolute Gasteiger partial charge is 0.303 e. The first-order valence-corrected chi connectivity index (χ1v) is 9.24. The zero-order chi connectivity index (χ0) is 20.4. The van der Waals surface area contributed by atoms with Crippen molar-refractivity contribution in [2.45, 2.75) is 32.5 Å². The average Bonchev–Trinajstić information content (AvgIpc) is 2.70. The summed E-state index contributed by atoms with van der Waals surface area (Å²) in [6.45, 7) is 6.69. The molecule has 0 aliphatic rings. The standard InChI is InChI=1S/C24H26O4/c1-4-20(24(28-19(3)26)22-14-9-6-10-15-22)16-11-17-23(27-18(2)25)21-12-7-5-8-13-21/h4-16,20,23-24H,1,17H2,2-3H3/b16-11+. The van der Waals surface area contributed by atoms with Crippen LogP contribution in [0.2, 0.25) is 0 Å². The van der Waals surface area contributed by atoms with Gasteiger partial charge in [-0.3, -0.25) is 9.59 Å². The fourth-order valence-electron chi connectivity index (χ4n) is 2.97. The summed E-state index contributed by atoms with van der Waals surface area (Å²) in [5, 5.41) is 0. The molecule has 2 aromatic rings. The highest BCUT2D eigenvalue weighted by molar-refractivity contribution is 5.66. The van der Waals surface area contributed by atoms with Crippen molar-refractivity contribution in [1.82, 2.24) is 0 Å². The Morgan fingerprint density at radius 3 is 1.93 bits per heavy atom. The number of rotatable bonds is 9. The van der Waals surface area contributed by atoms with Crippen molar-refractivity contribution < 1.29 is 19.1 Å². The van der Waals surface area contributed by atoms with Crippen LogP contribution in [0, 0.1) is 5.92 Å². The van der Waals surface area contributed by atoms with E-state index >= 15 is 0 Å². The first-order valence-electron chi connectivity index (χ1n) is 9.24. The van der Waals surface area contributed by atoms with E-state index in [1.807, 2.05) is 72.8 Å². The van der Waals surface area contributed by atoms with Gasteiger partial charge in [0, 0.05) is 26.2 Å². The lowest BCUT2D eigenvalue weighted by Crippen LogP contribution is -2.16. The topological polar surface area (TPSA) is 52.6 Å². The molecule has 0 saturated carbocycles. The van der Waals surface area contributed by atoms with Gasteiger partial charge < -0.3 is 9.47 Å². The average molecular weight is 378 g/mol. The maximum Gasteiger partial charge on any atom is 0.303 e. The number of hydrogen-bond donors (Lipinski definition) is 0. The molecule has 146 valence electrons. The van der Waals surface area contributed by atoms with Gasteiger partial charge >= 0.3 is 11.9 Å². The van der Waals surface area contributed by atoms with Crippen molar-refractivity contribution in [3.05, 3.63) is 96.6 Å². The minimum Gasteiger partial charge on any atom is -0.457 e. The van der Waals surface area contributed by atoms with Crippen molar-refractivity contribution in [3.8, 4) is 0 Å². The van der Waals surface area contributed by atoms with Crippen LogP contribution in [0.5, 0.6) is 0 Å². The minimum absolute atomic E-state index is 0.208. The molecule has 0 spiro atoms. The molecular formula is C24H26O4. The first-order chi connectivity index (χ1) is 13.5. The van der Waals surface area contributed by atoms with Crippen molar-refractivity contribution >= 4 is 11.9 Å². The van der Waals surface area contributed by atoms with Crippen LogP contribution in [0.15, 0.2) is 85.5 Å². The normalized spacial score (nSPS) is 14.1. The van der Waals surface area contributed by atoms with Gasteiger partial charge in [0.15, 0.2) is 0 Å². The van der Waals surface area contributed by atoms with Gasteiger partial charge in [0.05, 0.1) is 0 Å². The molecule has 0 radical (unpaired) electrons. The van der Waals surface area contributed by atoms with Crippen LogP contribution in [-0.4, -0.2) is 11.9 Å². The Morgan fingerprint density at radius 1 is 0.893 bits per heavy atom. The van der Waals surface area contributed by atoms with Crippen molar-refractivity contribution in [1.29, 1.82) is 0 Å². The molecule has 4 heteroatoms. The lowest BCUT2D eigenvalue weighted by atomic mass is 9.94. The Labute approximate surface area is 166 Å². The molecule has 0 heterocycles. The Hall–Kier alpha value is -3.14. The lowest BCUT2D eigenvalue weighted by molar-refractivity contribution is -0.148. The van der Waals surface area contributed by atoms with E-state index in [0.717, 1.165) is 11.1 Å². The lowest BCUT2D eigenvalue weighted by Gasteiger charge is -2.23. The maximum absolute atomic E-state index is 11.6. The summed E-state index contributed by atoms with van der Waals surface area (Å²) in [6, 6.07) is 19.2. The van der Waals surface area contributed by atoms with Crippen LogP contribution in [-0.2, 0) is 19.1 Å². The van der Waals surface area contributed by atoms with Crippen LogP contribution in [0.1, 0.15) is 43.6 Å². The highest BCUT2D eigenvalue weighted by Gasteiger charge is 2.22. The molecule has 0 amide bonds. The number of ether oxygens (including phenoxy) is 2. The molecule has 0 saturated heterocycles. The van der Waals surface area contributed by atoms with Crippen molar-refractivity contribution in [3.63, 3.8) is 0 Å². The molecule has 0 aliphatic heterocycles. The van der Waals surface area contributed by atoms with E-state index in [-0.39, 0.29) is 24.0 Å². The largest absolute Gasteiger partial charge is 0.457 e. The third-order valence-electron chi connectivity index (χ3n) is 4.23. The number of carbonyl (C=O) groups is 2. The van der Waals surface area contributed by atoms with Gasteiger partial charge in [-0.1, -0.05) is 78.9 Å². The zero-order valence-electron chi connectivity index (χ0n) is 16.3. The maximum atomic E-state index is 11.6. The number of carbonyl (C=O) groups excluding carboxylic acids is 2. The molecule has 3 unspecified atom stereocenters. The van der Waals surface area contributed by atoms with Crippen LogP contribution >= 0.6 is 0 Å². The zero-order valence-corrected chi connectivity index (χ0v) is 16.3. The van der Waals surface area contributed by atoms with E-state index in [1.165, 1.54) is 13.8 Å². The summed E-state index contributed by atoms with van der Waals surface area (Å²) >= 11 is 0. The molecule has 0 fully saturated rings. The molecular weight excluding hydrogens is 352 g/mol. The fourth-order valence-corrected chi connectivity index (χ4v) is 2.97. The highest BCUT2D eigenvalue weighted by Crippen LogP contribution is 2.29. The van der Waals surface area contributed by atoms with E-state index in [9.17, 15) is 9.59 Å². The fraction of sp³-hybridized carbons (Fsp3) is 0.250.